The molecule has 0 spiro atoms. The molecule has 100 valence electrons. The fourth-order valence-electron chi connectivity index (χ4n) is 1.97. The van der Waals surface area contributed by atoms with E-state index in [-0.39, 0.29) is 5.91 Å². The van der Waals surface area contributed by atoms with E-state index in [1.165, 1.54) is 0 Å². The van der Waals surface area contributed by atoms with Crippen LogP contribution in [0.4, 0.5) is 0 Å². The largest absolute Gasteiger partial charge is 0.339 e. The molecule has 2 rings (SSSR count). The maximum atomic E-state index is 12.2. The Morgan fingerprint density at radius 3 is 2.32 bits per heavy atom. The summed E-state index contributed by atoms with van der Waals surface area (Å²) in [6.45, 7) is 7.46. The molecule has 4 heteroatoms. The zero-order valence-corrected chi connectivity index (χ0v) is 12.3. The Morgan fingerprint density at radius 2 is 1.84 bits per heavy atom. The van der Waals surface area contributed by atoms with Crippen LogP contribution in [0.1, 0.15) is 29.2 Å². The summed E-state index contributed by atoms with van der Waals surface area (Å²) >= 11 is 1.64. The molecule has 0 unspecified atom stereocenters. The Labute approximate surface area is 117 Å². The SMILES string of the molecule is CCN(CC)C(=O)c1ccc(-c2csc(C)n2)cc1. The van der Waals surface area contributed by atoms with Crippen molar-refractivity contribution in [1.29, 1.82) is 0 Å². The fourth-order valence-corrected chi connectivity index (χ4v) is 2.60. The minimum Gasteiger partial charge on any atom is -0.339 e. The molecular weight excluding hydrogens is 256 g/mol. The van der Waals surface area contributed by atoms with E-state index in [1.807, 2.05) is 55.3 Å². The summed E-state index contributed by atoms with van der Waals surface area (Å²) in [5.41, 5.74) is 2.77. The van der Waals surface area contributed by atoms with E-state index >= 15 is 0 Å². The number of benzene rings is 1. The number of aryl methyl sites for hydroxylation is 1. The molecule has 0 N–H and O–H groups in total. The topological polar surface area (TPSA) is 33.2 Å². The molecule has 0 aliphatic rings. The van der Waals surface area contributed by atoms with E-state index in [4.69, 9.17) is 0 Å². The van der Waals surface area contributed by atoms with Crippen LogP contribution in [0.5, 0.6) is 0 Å². The van der Waals surface area contributed by atoms with Crippen molar-refractivity contribution >= 4 is 17.2 Å². The van der Waals surface area contributed by atoms with E-state index in [1.54, 1.807) is 11.3 Å². The van der Waals surface area contributed by atoms with Crippen molar-refractivity contribution in [3.8, 4) is 11.3 Å². The summed E-state index contributed by atoms with van der Waals surface area (Å²) in [4.78, 5) is 18.4. The first kappa shape index (κ1) is 13.7. The number of aromatic nitrogens is 1. The molecule has 1 aromatic heterocycles. The lowest BCUT2D eigenvalue weighted by atomic mass is 10.1. The van der Waals surface area contributed by atoms with E-state index in [2.05, 4.69) is 4.98 Å². The van der Waals surface area contributed by atoms with E-state index < -0.39 is 0 Å². The molecule has 0 bridgehead atoms. The quantitative estimate of drug-likeness (QED) is 0.853. The molecule has 0 fully saturated rings. The summed E-state index contributed by atoms with van der Waals surface area (Å²) < 4.78 is 0. The molecule has 1 amide bonds. The van der Waals surface area contributed by atoms with Crippen LogP contribution >= 0.6 is 11.3 Å². The number of amides is 1. The number of carbonyl (C=O) groups is 1. The van der Waals surface area contributed by atoms with Crippen molar-refractivity contribution in [3.05, 3.63) is 40.2 Å². The number of hydrogen-bond donors (Lipinski definition) is 0. The first-order chi connectivity index (χ1) is 9.15. The molecule has 0 aliphatic heterocycles. The summed E-state index contributed by atoms with van der Waals surface area (Å²) in [5, 5.41) is 3.09. The Kier molecular flexibility index (Phi) is 4.32. The zero-order chi connectivity index (χ0) is 13.8. The van der Waals surface area contributed by atoms with Gasteiger partial charge in [0.25, 0.3) is 5.91 Å². The molecule has 0 saturated carbocycles. The number of nitrogens with zero attached hydrogens (tertiary/aromatic N) is 2. The summed E-state index contributed by atoms with van der Waals surface area (Å²) in [6, 6.07) is 7.69. The van der Waals surface area contributed by atoms with E-state index in [9.17, 15) is 4.79 Å². The second-order valence-corrected chi connectivity index (χ2v) is 5.37. The van der Waals surface area contributed by atoms with Gasteiger partial charge in [0.15, 0.2) is 0 Å². The fraction of sp³-hybridized carbons (Fsp3) is 0.333. The van der Waals surface area contributed by atoms with Gasteiger partial charge in [0.2, 0.25) is 0 Å². The second-order valence-electron chi connectivity index (χ2n) is 4.31. The average molecular weight is 274 g/mol. The Balaban J connectivity index is 2.21. The van der Waals surface area contributed by atoms with Crippen molar-refractivity contribution in [1.82, 2.24) is 9.88 Å². The third-order valence-corrected chi connectivity index (χ3v) is 3.87. The van der Waals surface area contributed by atoms with Crippen LogP contribution in [0.15, 0.2) is 29.6 Å². The molecule has 19 heavy (non-hydrogen) atoms. The van der Waals surface area contributed by atoms with Crippen molar-refractivity contribution in [2.24, 2.45) is 0 Å². The Bertz CT molecular complexity index is 556. The van der Waals surface area contributed by atoms with Gasteiger partial charge < -0.3 is 4.90 Å². The Hall–Kier alpha value is -1.68. The first-order valence-electron chi connectivity index (χ1n) is 6.47. The summed E-state index contributed by atoms with van der Waals surface area (Å²) in [5.74, 6) is 0.0889. The number of hydrogen-bond acceptors (Lipinski definition) is 3. The van der Waals surface area contributed by atoms with Crippen molar-refractivity contribution in [2.75, 3.05) is 13.1 Å². The van der Waals surface area contributed by atoms with Gasteiger partial charge in [-0.15, -0.1) is 11.3 Å². The summed E-state index contributed by atoms with van der Waals surface area (Å²) in [6.07, 6.45) is 0. The highest BCUT2D eigenvalue weighted by molar-refractivity contribution is 7.09. The predicted octanol–water partition coefficient (Wildman–Crippen LogP) is 3.60. The molecule has 0 aliphatic carbocycles. The van der Waals surface area contributed by atoms with Crippen molar-refractivity contribution < 1.29 is 4.79 Å². The normalized spacial score (nSPS) is 10.5. The highest BCUT2D eigenvalue weighted by atomic mass is 32.1. The smallest absolute Gasteiger partial charge is 0.253 e. The van der Waals surface area contributed by atoms with Crippen molar-refractivity contribution in [2.45, 2.75) is 20.8 Å². The lowest BCUT2D eigenvalue weighted by Crippen LogP contribution is -2.30. The van der Waals surface area contributed by atoms with Crippen LogP contribution < -0.4 is 0 Å². The van der Waals surface area contributed by atoms with Gasteiger partial charge in [-0.1, -0.05) is 12.1 Å². The molecule has 2 aromatic rings. The van der Waals surface area contributed by atoms with Gasteiger partial charge in [-0.25, -0.2) is 4.98 Å². The van der Waals surface area contributed by atoms with Crippen LogP contribution in [-0.2, 0) is 0 Å². The molecule has 0 saturated heterocycles. The molecule has 1 aromatic carbocycles. The molecular formula is C15H18N2OS. The predicted molar refractivity (Wildman–Crippen MR) is 79.5 cm³/mol. The standard InChI is InChI=1S/C15H18N2OS/c1-4-17(5-2)15(18)13-8-6-12(7-9-13)14-10-19-11(3)16-14/h6-10H,4-5H2,1-3H3. The van der Waals surface area contributed by atoms with Crippen LogP contribution in [0.25, 0.3) is 11.3 Å². The number of carbonyl (C=O) groups excluding carboxylic acids is 1. The highest BCUT2D eigenvalue weighted by Crippen LogP contribution is 2.22. The van der Waals surface area contributed by atoms with Gasteiger partial charge in [0.05, 0.1) is 10.7 Å². The minimum absolute atomic E-state index is 0.0889. The second kappa shape index (κ2) is 5.97. The highest BCUT2D eigenvalue weighted by Gasteiger charge is 2.12. The third-order valence-electron chi connectivity index (χ3n) is 3.10. The van der Waals surface area contributed by atoms with E-state index in [0.29, 0.717) is 0 Å². The van der Waals surface area contributed by atoms with Gasteiger partial charge in [-0.05, 0) is 32.9 Å². The molecule has 0 radical (unpaired) electrons. The number of thiazole rings is 1. The van der Waals surface area contributed by atoms with Gasteiger partial charge >= 0.3 is 0 Å². The maximum absolute atomic E-state index is 12.2. The van der Waals surface area contributed by atoms with Gasteiger partial charge in [0.1, 0.15) is 0 Å². The summed E-state index contributed by atoms with van der Waals surface area (Å²) in [7, 11) is 0. The van der Waals surface area contributed by atoms with Crippen molar-refractivity contribution in [3.63, 3.8) is 0 Å². The average Bonchev–Trinajstić information content (AvgIpc) is 2.87. The molecule has 0 atom stereocenters. The van der Waals surface area contributed by atoms with Crippen LogP contribution in [-0.4, -0.2) is 28.9 Å². The Morgan fingerprint density at radius 1 is 1.21 bits per heavy atom. The zero-order valence-electron chi connectivity index (χ0n) is 11.5. The van der Waals surface area contributed by atoms with Crippen LogP contribution in [0, 0.1) is 6.92 Å². The van der Waals surface area contributed by atoms with E-state index in [0.717, 1.165) is 34.9 Å². The van der Waals surface area contributed by atoms with Gasteiger partial charge in [0, 0.05) is 29.6 Å². The van der Waals surface area contributed by atoms with Gasteiger partial charge in [-0.3, -0.25) is 4.79 Å². The lowest BCUT2D eigenvalue weighted by molar-refractivity contribution is 0.0773. The number of rotatable bonds is 4. The minimum atomic E-state index is 0.0889. The maximum Gasteiger partial charge on any atom is 0.253 e. The van der Waals surface area contributed by atoms with Crippen LogP contribution in [0.2, 0.25) is 0 Å². The monoisotopic (exact) mass is 274 g/mol. The lowest BCUT2D eigenvalue weighted by Gasteiger charge is -2.18. The molecule has 3 nitrogen and oxygen atoms in total. The third kappa shape index (κ3) is 3.01. The van der Waals surface area contributed by atoms with Gasteiger partial charge in [-0.2, -0.15) is 0 Å². The first-order valence-corrected chi connectivity index (χ1v) is 7.35. The van der Waals surface area contributed by atoms with Crippen LogP contribution in [0.3, 0.4) is 0 Å². The molecule has 1 heterocycles.